The van der Waals surface area contributed by atoms with E-state index in [2.05, 4.69) is 5.32 Å². The summed E-state index contributed by atoms with van der Waals surface area (Å²) in [4.78, 5) is 25.5. The van der Waals surface area contributed by atoms with Crippen molar-refractivity contribution in [3.63, 3.8) is 0 Å². The normalized spacial score (nSPS) is 22.5. The van der Waals surface area contributed by atoms with E-state index in [1.807, 2.05) is 6.92 Å². The second kappa shape index (κ2) is 6.52. The Balaban J connectivity index is 1.63. The van der Waals surface area contributed by atoms with Crippen LogP contribution in [0.3, 0.4) is 0 Å². The molecule has 0 aliphatic carbocycles. The maximum absolute atomic E-state index is 12.6. The molecule has 1 aromatic rings. The summed E-state index contributed by atoms with van der Waals surface area (Å²) in [5.74, 6) is -0.493. The Labute approximate surface area is 141 Å². The Bertz CT molecular complexity index is 737. The fourth-order valence-corrected chi connectivity index (χ4v) is 4.47. The molecule has 1 aromatic carbocycles. The molecule has 1 N–H and O–H groups in total. The van der Waals surface area contributed by atoms with Gasteiger partial charge in [0.15, 0.2) is 0 Å². The summed E-state index contributed by atoms with van der Waals surface area (Å²) in [6, 6.07) is 6.77. The Kier molecular flexibility index (Phi) is 4.60. The number of hydrogen-bond donors (Lipinski definition) is 1. The maximum atomic E-state index is 12.6. The lowest BCUT2D eigenvalue weighted by atomic mass is 10.1. The SMILES string of the molecule is Cc1ccc(S(=O)(=O)N2CCN(C(=O)C3CNC(=O)C3)CC2)cc1. The molecular formula is C16H21N3O4S. The smallest absolute Gasteiger partial charge is 0.243 e. The Morgan fingerprint density at radius 1 is 1.12 bits per heavy atom. The Morgan fingerprint density at radius 2 is 1.75 bits per heavy atom. The summed E-state index contributed by atoms with van der Waals surface area (Å²) in [6.07, 6.45) is 0.223. The predicted octanol–water partition coefficient (Wildman–Crippen LogP) is -0.0360. The van der Waals surface area contributed by atoms with Crippen LogP contribution in [0, 0.1) is 12.8 Å². The lowest BCUT2D eigenvalue weighted by molar-refractivity contribution is -0.136. The summed E-state index contributed by atoms with van der Waals surface area (Å²) in [5, 5.41) is 2.66. The number of amides is 2. The van der Waals surface area contributed by atoms with Gasteiger partial charge in [-0.25, -0.2) is 8.42 Å². The van der Waals surface area contributed by atoms with E-state index in [4.69, 9.17) is 0 Å². The standard InChI is InChI=1S/C16H21N3O4S/c1-12-2-4-14(5-3-12)24(22,23)19-8-6-18(7-9-19)16(21)13-10-15(20)17-11-13/h2-5,13H,6-11H2,1H3,(H,17,20). The maximum Gasteiger partial charge on any atom is 0.243 e. The molecule has 0 bridgehead atoms. The number of carbonyl (C=O) groups is 2. The topological polar surface area (TPSA) is 86.8 Å². The van der Waals surface area contributed by atoms with Crippen molar-refractivity contribution in [2.75, 3.05) is 32.7 Å². The molecule has 2 amide bonds. The third-order valence-corrected chi connectivity index (χ3v) is 6.45. The van der Waals surface area contributed by atoms with Crippen molar-refractivity contribution in [2.45, 2.75) is 18.2 Å². The van der Waals surface area contributed by atoms with Crippen molar-refractivity contribution in [1.82, 2.24) is 14.5 Å². The van der Waals surface area contributed by atoms with E-state index in [9.17, 15) is 18.0 Å². The van der Waals surface area contributed by atoms with Gasteiger partial charge < -0.3 is 10.2 Å². The molecule has 3 rings (SSSR count). The van der Waals surface area contributed by atoms with Crippen LogP contribution in [-0.4, -0.2) is 62.2 Å². The van der Waals surface area contributed by atoms with Crippen LogP contribution in [-0.2, 0) is 19.6 Å². The van der Waals surface area contributed by atoms with Gasteiger partial charge in [-0.15, -0.1) is 0 Å². The van der Waals surface area contributed by atoms with Gasteiger partial charge in [0.1, 0.15) is 0 Å². The zero-order chi connectivity index (χ0) is 17.3. The van der Waals surface area contributed by atoms with E-state index in [0.717, 1.165) is 5.56 Å². The summed E-state index contributed by atoms with van der Waals surface area (Å²) in [5.41, 5.74) is 1.00. The highest BCUT2D eigenvalue weighted by Gasteiger charge is 2.35. The van der Waals surface area contributed by atoms with Crippen molar-refractivity contribution < 1.29 is 18.0 Å². The van der Waals surface area contributed by atoms with Crippen LogP contribution in [0.4, 0.5) is 0 Å². The number of sulfonamides is 1. The minimum atomic E-state index is -3.53. The molecule has 2 aliphatic rings. The number of nitrogens with zero attached hydrogens (tertiary/aromatic N) is 2. The molecule has 0 saturated carbocycles. The highest BCUT2D eigenvalue weighted by Crippen LogP contribution is 2.20. The summed E-state index contributed by atoms with van der Waals surface area (Å²) >= 11 is 0. The molecule has 0 aromatic heterocycles. The fraction of sp³-hybridized carbons (Fsp3) is 0.500. The van der Waals surface area contributed by atoms with E-state index in [-0.39, 0.29) is 42.1 Å². The van der Waals surface area contributed by atoms with Crippen molar-refractivity contribution in [2.24, 2.45) is 5.92 Å². The van der Waals surface area contributed by atoms with E-state index in [1.54, 1.807) is 29.2 Å². The molecule has 1 atom stereocenters. The van der Waals surface area contributed by atoms with Gasteiger partial charge in [-0.3, -0.25) is 9.59 Å². The lowest BCUT2D eigenvalue weighted by Crippen LogP contribution is -2.52. The summed E-state index contributed by atoms with van der Waals surface area (Å²) < 4.78 is 26.7. The predicted molar refractivity (Wildman–Crippen MR) is 87.6 cm³/mol. The fourth-order valence-electron chi connectivity index (χ4n) is 3.05. The van der Waals surface area contributed by atoms with Gasteiger partial charge in [0.25, 0.3) is 0 Å². The number of hydrogen-bond acceptors (Lipinski definition) is 4. The number of piperazine rings is 1. The molecule has 2 heterocycles. The largest absolute Gasteiger partial charge is 0.355 e. The number of rotatable bonds is 3. The molecule has 8 heteroatoms. The van der Waals surface area contributed by atoms with Crippen molar-refractivity contribution in [1.29, 1.82) is 0 Å². The molecule has 2 aliphatic heterocycles. The Hall–Kier alpha value is -1.93. The second-order valence-electron chi connectivity index (χ2n) is 6.25. The minimum absolute atomic E-state index is 0.0688. The average Bonchev–Trinajstić information content (AvgIpc) is 3.01. The average molecular weight is 351 g/mol. The molecule has 24 heavy (non-hydrogen) atoms. The number of carbonyl (C=O) groups excluding carboxylic acids is 2. The van der Waals surface area contributed by atoms with Crippen LogP contribution < -0.4 is 5.32 Å². The molecule has 7 nitrogen and oxygen atoms in total. The van der Waals surface area contributed by atoms with E-state index < -0.39 is 10.0 Å². The molecule has 1 unspecified atom stereocenters. The van der Waals surface area contributed by atoms with Gasteiger partial charge in [0.05, 0.1) is 10.8 Å². The number of nitrogens with one attached hydrogen (secondary N) is 1. The molecule has 2 fully saturated rings. The first-order valence-corrected chi connectivity index (χ1v) is 9.44. The van der Waals surface area contributed by atoms with E-state index in [0.29, 0.717) is 19.6 Å². The van der Waals surface area contributed by atoms with Gasteiger partial charge >= 0.3 is 0 Å². The minimum Gasteiger partial charge on any atom is -0.355 e. The zero-order valence-electron chi connectivity index (χ0n) is 13.6. The molecule has 0 spiro atoms. The monoisotopic (exact) mass is 351 g/mol. The molecule has 0 radical (unpaired) electrons. The van der Waals surface area contributed by atoms with Crippen LogP contribution in [0.25, 0.3) is 0 Å². The van der Waals surface area contributed by atoms with Gasteiger partial charge in [0.2, 0.25) is 21.8 Å². The third-order valence-electron chi connectivity index (χ3n) is 4.54. The number of aryl methyl sites for hydroxylation is 1. The first-order chi connectivity index (χ1) is 11.4. The zero-order valence-corrected chi connectivity index (χ0v) is 14.4. The first-order valence-electron chi connectivity index (χ1n) is 8.00. The number of benzene rings is 1. The van der Waals surface area contributed by atoms with Gasteiger partial charge in [-0.2, -0.15) is 4.31 Å². The van der Waals surface area contributed by atoms with Gasteiger partial charge in [-0.1, -0.05) is 17.7 Å². The van der Waals surface area contributed by atoms with Crippen LogP contribution >= 0.6 is 0 Å². The molecular weight excluding hydrogens is 330 g/mol. The van der Waals surface area contributed by atoms with E-state index >= 15 is 0 Å². The summed E-state index contributed by atoms with van der Waals surface area (Å²) in [7, 11) is -3.53. The van der Waals surface area contributed by atoms with Crippen molar-refractivity contribution in [3.8, 4) is 0 Å². The van der Waals surface area contributed by atoms with Crippen LogP contribution in [0.2, 0.25) is 0 Å². The van der Waals surface area contributed by atoms with Gasteiger partial charge in [0, 0.05) is 39.1 Å². The van der Waals surface area contributed by atoms with Crippen LogP contribution in [0.1, 0.15) is 12.0 Å². The van der Waals surface area contributed by atoms with Crippen LogP contribution in [0.15, 0.2) is 29.2 Å². The quantitative estimate of drug-likeness (QED) is 0.828. The highest BCUT2D eigenvalue weighted by atomic mass is 32.2. The van der Waals surface area contributed by atoms with Crippen LogP contribution in [0.5, 0.6) is 0 Å². The summed E-state index contributed by atoms with van der Waals surface area (Å²) in [6.45, 7) is 3.54. The van der Waals surface area contributed by atoms with Crippen molar-refractivity contribution in [3.05, 3.63) is 29.8 Å². The second-order valence-corrected chi connectivity index (χ2v) is 8.19. The molecule has 130 valence electrons. The van der Waals surface area contributed by atoms with E-state index in [1.165, 1.54) is 4.31 Å². The van der Waals surface area contributed by atoms with Crippen molar-refractivity contribution >= 4 is 21.8 Å². The Morgan fingerprint density at radius 3 is 2.29 bits per heavy atom. The van der Waals surface area contributed by atoms with Gasteiger partial charge in [-0.05, 0) is 19.1 Å². The first kappa shape index (κ1) is 16.9. The third kappa shape index (κ3) is 3.29. The highest BCUT2D eigenvalue weighted by molar-refractivity contribution is 7.89. The molecule has 2 saturated heterocycles. The lowest BCUT2D eigenvalue weighted by Gasteiger charge is -2.35.